The minimum Gasteiger partial charge on any atom is -0.484 e. The summed E-state index contributed by atoms with van der Waals surface area (Å²) in [6, 6.07) is 5.99. The van der Waals surface area contributed by atoms with Gasteiger partial charge in [0.15, 0.2) is 6.61 Å². The van der Waals surface area contributed by atoms with Crippen molar-refractivity contribution in [3.05, 3.63) is 29.8 Å². The third-order valence-corrected chi connectivity index (χ3v) is 3.62. The summed E-state index contributed by atoms with van der Waals surface area (Å²) >= 11 is 0. The Morgan fingerprint density at radius 2 is 2.12 bits per heavy atom. The van der Waals surface area contributed by atoms with Crippen molar-refractivity contribution in [1.82, 2.24) is 10.6 Å². The van der Waals surface area contributed by atoms with Crippen molar-refractivity contribution in [3.8, 4) is 5.75 Å². The molecule has 0 unspecified atom stereocenters. The van der Waals surface area contributed by atoms with Gasteiger partial charge in [-0.3, -0.25) is 0 Å². The van der Waals surface area contributed by atoms with Crippen molar-refractivity contribution < 1.29 is 27.4 Å². The Morgan fingerprint density at radius 1 is 1.38 bits per heavy atom. The normalized spacial score (nSPS) is 21.2. The van der Waals surface area contributed by atoms with Crippen LogP contribution in [0.2, 0.25) is 0 Å². The first-order valence-electron chi connectivity index (χ1n) is 7.77. The molecule has 0 saturated carbocycles. The van der Waals surface area contributed by atoms with E-state index in [4.69, 9.17) is 9.47 Å². The van der Waals surface area contributed by atoms with Crippen LogP contribution in [-0.4, -0.2) is 37.6 Å². The Bertz CT molecular complexity index is 552. The van der Waals surface area contributed by atoms with Gasteiger partial charge in [0.05, 0.1) is 6.10 Å². The highest BCUT2D eigenvalue weighted by Gasteiger charge is 2.28. The molecule has 5 nitrogen and oxygen atoms in total. The van der Waals surface area contributed by atoms with E-state index in [0.29, 0.717) is 12.2 Å². The van der Waals surface area contributed by atoms with Crippen molar-refractivity contribution in [3.63, 3.8) is 0 Å². The second kappa shape index (κ2) is 8.23. The van der Waals surface area contributed by atoms with Crippen LogP contribution in [-0.2, 0) is 11.3 Å². The zero-order chi connectivity index (χ0) is 17.6. The third-order valence-electron chi connectivity index (χ3n) is 3.62. The molecule has 2 N–H and O–H groups in total. The van der Waals surface area contributed by atoms with Gasteiger partial charge in [0.1, 0.15) is 5.75 Å². The lowest BCUT2D eigenvalue weighted by Gasteiger charge is -2.28. The third kappa shape index (κ3) is 6.27. The summed E-state index contributed by atoms with van der Waals surface area (Å²) < 4.78 is 47.0. The predicted molar refractivity (Wildman–Crippen MR) is 81.8 cm³/mol. The van der Waals surface area contributed by atoms with Crippen molar-refractivity contribution >= 4 is 6.03 Å². The standard InChI is InChI=1S/C16H21F3N2O3/c1-11-8-13(6-7-23-11)21-15(22)20-9-12-4-2-3-5-14(12)24-10-16(17,18)19/h2-5,11,13H,6-10H2,1H3,(H2,20,21,22)/t11-,13+/m1/s1. The monoisotopic (exact) mass is 346 g/mol. The van der Waals surface area contributed by atoms with Crippen LogP contribution < -0.4 is 15.4 Å². The molecule has 0 radical (unpaired) electrons. The molecule has 134 valence electrons. The fourth-order valence-corrected chi connectivity index (χ4v) is 2.49. The van der Waals surface area contributed by atoms with Gasteiger partial charge < -0.3 is 20.1 Å². The first-order chi connectivity index (χ1) is 11.3. The Balaban J connectivity index is 1.83. The molecule has 1 aliphatic rings. The van der Waals surface area contributed by atoms with E-state index in [-0.39, 0.29) is 30.5 Å². The van der Waals surface area contributed by atoms with E-state index in [1.54, 1.807) is 18.2 Å². The molecule has 1 fully saturated rings. The summed E-state index contributed by atoms with van der Waals surface area (Å²) in [5.41, 5.74) is 0.484. The topological polar surface area (TPSA) is 59.6 Å². The number of carbonyl (C=O) groups excluding carboxylic acids is 1. The van der Waals surface area contributed by atoms with Crippen LogP contribution in [0.4, 0.5) is 18.0 Å². The van der Waals surface area contributed by atoms with Crippen molar-refractivity contribution in [2.24, 2.45) is 0 Å². The van der Waals surface area contributed by atoms with Gasteiger partial charge in [-0.1, -0.05) is 18.2 Å². The number of hydrogen-bond acceptors (Lipinski definition) is 3. The largest absolute Gasteiger partial charge is 0.484 e. The Labute approximate surface area is 138 Å². The summed E-state index contributed by atoms with van der Waals surface area (Å²) in [7, 11) is 0. The molecular weight excluding hydrogens is 325 g/mol. The summed E-state index contributed by atoms with van der Waals surface area (Å²) in [4.78, 5) is 11.9. The number of halogens is 3. The maximum Gasteiger partial charge on any atom is 0.422 e. The molecule has 0 aromatic heterocycles. The number of urea groups is 1. The first-order valence-corrected chi connectivity index (χ1v) is 7.77. The second-order valence-corrected chi connectivity index (χ2v) is 5.74. The summed E-state index contributed by atoms with van der Waals surface area (Å²) in [6.07, 6.45) is -2.83. The summed E-state index contributed by atoms with van der Waals surface area (Å²) in [6.45, 7) is 1.26. The lowest BCUT2D eigenvalue weighted by Crippen LogP contribution is -2.45. The number of carbonyl (C=O) groups is 1. The molecule has 1 aromatic carbocycles. The zero-order valence-corrected chi connectivity index (χ0v) is 13.4. The lowest BCUT2D eigenvalue weighted by atomic mass is 10.0. The van der Waals surface area contributed by atoms with E-state index in [1.807, 2.05) is 6.92 Å². The van der Waals surface area contributed by atoms with Crippen LogP contribution in [0.1, 0.15) is 25.3 Å². The molecule has 24 heavy (non-hydrogen) atoms. The van der Waals surface area contributed by atoms with Crippen molar-refractivity contribution in [2.45, 2.75) is 44.6 Å². The maximum absolute atomic E-state index is 12.3. The molecule has 2 amide bonds. The van der Waals surface area contributed by atoms with E-state index < -0.39 is 12.8 Å². The van der Waals surface area contributed by atoms with Gasteiger partial charge in [0.25, 0.3) is 0 Å². The van der Waals surface area contributed by atoms with Gasteiger partial charge in [-0.25, -0.2) is 4.79 Å². The van der Waals surface area contributed by atoms with Crippen LogP contribution in [0.5, 0.6) is 5.75 Å². The van der Waals surface area contributed by atoms with Gasteiger partial charge in [-0.2, -0.15) is 13.2 Å². The second-order valence-electron chi connectivity index (χ2n) is 5.74. The fraction of sp³-hybridized carbons (Fsp3) is 0.562. The van der Waals surface area contributed by atoms with Gasteiger partial charge in [0, 0.05) is 24.8 Å². The molecule has 2 atom stereocenters. The van der Waals surface area contributed by atoms with Gasteiger partial charge in [0.2, 0.25) is 0 Å². The highest BCUT2D eigenvalue weighted by molar-refractivity contribution is 5.74. The van der Waals surface area contributed by atoms with E-state index in [0.717, 1.165) is 12.8 Å². The minimum absolute atomic E-state index is 0.0328. The van der Waals surface area contributed by atoms with E-state index in [9.17, 15) is 18.0 Å². The fourth-order valence-electron chi connectivity index (χ4n) is 2.49. The predicted octanol–water partition coefficient (Wildman–Crippen LogP) is 2.99. The lowest BCUT2D eigenvalue weighted by molar-refractivity contribution is -0.153. The molecule has 0 bridgehead atoms. The minimum atomic E-state index is -4.41. The molecule has 2 rings (SSSR count). The molecule has 1 aromatic rings. The number of alkyl halides is 3. The summed E-state index contributed by atoms with van der Waals surface area (Å²) in [5.74, 6) is 0.106. The first kappa shape index (κ1) is 18.4. The average Bonchev–Trinajstić information content (AvgIpc) is 2.51. The van der Waals surface area contributed by atoms with Crippen LogP contribution in [0, 0.1) is 0 Å². The quantitative estimate of drug-likeness (QED) is 0.862. The van der Waals surface area contributed by atoms with Crippen molar-refractivity contribution in [1.29, 1.82) is 0 Å². The molecule has 1 saturated heterocycles. The van der Waals surface area contributed by atoms with Gasteiger partial charge in [-0.15, -0.1) is 0 Å². The number of amides is 2. The number of benzene rings is 1. The van der Waals surface area contributed by atoms with E-state index in [1.165, 1.54) is 6.07 Å². The molecule has 1 heterocycles. The Kier molecular flexibility index (Phi) is 6.30. The molecule has 0 aliphatic carbocycles. The van der Waals surface area contributed by atoms with Crippen LogP contribution >= 0.6 is 0 Å². The van der Waals surface area contributed by atoms with E-state index >= 15 is 0 Å². The molecule has 1 aliphatic heterocycles. The SMILES string of the molecule is C[C@@H]1C[C@@H](NC(=O)NCc2ccccc2OCC(F)(F)F)CCO1. The van der Waals surface area contributed by atoms with Crippen LogP contribution in [0.3, 0.4) is 0 Å². The van der Waals surface area contributed by atoms with Crippen LogP contribution in [0.15, 0.2) is 24.3 Å². The van der Waals surface area contributed by atoms with Gasteiger partial charge in [-0.05, 0) is 25.8 Å². The highest BCUT2D eigenvalue weighted by atomic mass is 19.4. The smallest absolute Gasteiger partial charge is 0.422 e. The zero-order valence-electron chi connectivity index (χ0n) is 13.4. The number of nitrogens with one attached hydrogen (secondary N) is 2. The molecule has 8 heteroatoms. The van der Waals surface area contributed by atoms with Crippen LogP contribution in [0.25, 0.3) is 0 Å². The molecular formula is C16H21F3N2O3. The number of ether oxygens (including phenoxy) is 2. The Hall–Kier alpha value is -1.96. The molecule has 0 spiro atoms. The number of rotatable bonds is 5. The number of para-hydroxylation sites is 1. The maximum atomic E-state index is 12.3. The van der Waals surface area contributed by atoms with E-state index in [2.05, 4.69) is 10.6 Å². The van der Waals surface area contributed by atoms with Crippen molar-refractivity contribution in [2.75, 3.05) is 13.2 Å². The Morgan fingerprint density at radius 3 is 2.83 bits per heavy atom. The van der Waals surface area contributed by atoms with Gasteiger partial charge >= 0.3 is 12.2 Å². The summed E-state index contributed by atoms with van der Waals surface area (Å²) in [5, 5.41) is 5.49. The highest BCUT2D eigenvalue weighted by Crippen LogP contribution is 2.22. The number of hydrogen-bond donors (Lipinski definition) is 2. The average molecular weight is 346 g/mol.